The molecule has 0 heterocycles. The van der Waals surface area contributed by atoms with E-state index in [4.69, 9.17) is 4.74 Å². The highest BCUT2D eigenvalue weighted by molar-refractivity contribution is 5.40. The standard InChI is InChI=1S/C18H21NO2/c1-2-19-18-9-6-14-11-16(7-8-17(14)18)21-12-13-4-3-5-15(20)10-13/h3-5,7-8,10-11,18-20H,2,6,9,12H2,1H3. The van der Waals surface area contributed by atoms with E-state index < -0.39 is 0 Å². The first-order valence-electron chi connectivity index (χ1n) is 7.53. The molecule has 2 N–H and O–H groups in total. The zero-order valence-electron chi connectivity index (χ0n) is 12.3. The topological polar surface area (TPSA) is 41.5 Å². The molecule has 0 spiro atoms. The summed E-state index contributed by atoms with van der Waals surface area (Å²) in [6, 6.07) is 14.0. The molecule has 1 atom stereocenters. The highest BCUT2D eigenvalue weighted by Gasteiger charge is 2.21. The zero-order chi connectivity index (χ0) is 14.7. The number of fused-ring (bicyclic) bond motifs is 1. The number of phenolic OH excluding ortho intramolecular Hbond substituents is 1. The maximum absolute atomic E-state index is 9.45. The summed E-state index contributed by atoms with van der Waals surface area (Å²) in [5.41, 5.74) is 3.76. The van der Waals surface area contributed by atoms with Gasteiger partial charge in [-0.25, -0.2) is 0 Å². The number of benzene rings is 2. The zero-order valence-corrected chi connectivity index (χ0v) is 12.3. The molecule has 0 radical (unpaired) electrons. The van der Waals surface area contributed by atoms with Gasteiger partial charge in [-0.15, -0.1) is 0 Å². The van der Waals surface area contributed by atoms with E-state index in [0.717, 1.165) is 24.3 Å². The molecule has 0 fully saturated rings. The van der Waals surface area contributed by atoms with Crippen molar-refractivity contribution in [2.24, 2.45) is 0 Å². The highest BCUT2D eigenvalue weighted by atomic mass is 16.5. The first-order chi connectivity index (χ1) is 10.3. The fraction of sp³-hybridized carbons (Fsp3) is 0.333. The number of aromatic hydroxyl groups is 1. The molecule has 110 valence electrons. The maximum Gasteiger partial charge on any atom is 0.120 e. The van der Waals surface area contributed by atoms with Crippen LogP contribution in [0.1, 0.15) is 36.1 Å². The van der Waals surface area contributed by atoms with Gasteiger partial charge in [-0.3, -0.25) is 0 Å². The fourth-order valence-electron chi connectivity index (χ4n) is 2.96. The Labute approximate surface area is 125 Å². The second-order valence-corrected chi connectivity index (χ2v) is 5.47. The third-order valence-electron chi connectivity index (χ3n) is 3.96. The molecule has 2 aromatic carbocycles. The van der Waals surface area contributed by atoms with E-state index in [1.807, 2.05) is 18.2 Å². The van der Waals surface area contributed by atoms with Gasteiger partial charge in [0.2, 0.25) is 0 Å². The van der Waals surface area contributed by atoms with Crippen LogP contribution in [0.4, 0.5) is 0 Å². The second kappa shape index (κ2) is 6.19. The number of nitrogens with one attached hydrogen (secondary N) is 1. The van der Waals surface area contributed by atoms with Crippen molar-refractivity contribution in [2.75, 3.05) is 6.54 Å². The SMILES string of the molecule is CCNC1CCc2cc(OCc3cccc(O)c3)ccc21. The fourth-order valence-corrected chi connectivity index (χ4v) is 2.96. The summed E-state index contributed by atoms with van der Waals surface area (Å²) in [4.78, 5) is 0. The predicted octanol–water partition coefficient (Wildman–Crippen LogP) is 3.57. The monoisotopic (exact) mass is 283 g/mol. The van der Waals surface area contributed by atoms with Crippen molar-refractivity contribution < 1.29 is 9.84 Å². The molecule has 3 heteroatoms. The minimum absolute atomic E-state index is 0.276. The Morgan fingerprint density at radius 2 is 2.14 bits per heavy atom. The molecule has 3 rings (SSSR count). The number of hydrogen-bond acceptors (Lipinski definition) is 3. The Hall–Kier alpha value is -2.00. The Balaban J connectivity index is 1.68. The highest BCUT2D eigenvalue weighted by Crippen LogP contribution is 2.33. The van der Waals surface area contributed by atoms with Gasteiger partial charge in [0.05, 0.1) is 0 Å². The first-order valence-corrected chi connectivity index (χ1v) is 7.53. The smallest absolute Gasteiger partial charge is 0.120 e. The van der Waals surface area contributed by atoms with Gasteiger partial charge in [0, 0.05) is 6.04 Å². The lowest BCUT2D eigenvalue weighted by Crippen LogP contribution is -2.18. The number of aryl methyl sites for hydroxylation is 1. The van der Waals surface area contributed by atoms with Crippen LogP contribution in [-0.2, 0) is 13.0 Å². The molecule has 0 saturated carbocycles. The van der Waals surface area contributed by atoms with Crippen LogP contribution in [0.15, 0.2) is 42.5 Å². The van der Waals surface area contributed by atoms with E-state index in [-0.39, 0.29) is 5.75 Å². The Morgan fingerprint density at radius 3 is 2.95 bits per heavy atom. The molecule has 1 aliphatic carbocycles. The van der Waals surface area contributed by atoms with Gasteiger partial charge >= 0.3 is 0 Å². The normalized spacial score (nSPS) is 16.7. The summed E-state index contributed by atoms with van der Waals surface area (Å²) in [6.45, 7) is 3.62. The molecule has 21 heavy (non-hydrogen) atoms. The number of rotatable bonds is 5. The molecule has 0 saturated heterocycles. The van der Waals surface area contributed by atoms with E-state index in [1.54, 1.807) is 12.1 Å². The van der Waals surface area contributed by atoms with Crippen LogP contribution in [0.25, 0.3) is 0 Å². The lowest BCUT2D eigenvalue weighted by Gasteiger charge is -2.13. The Kier molecular flexibility index (Phi) is 4.11. The van der Waals surface area contributed by atoms with Gasteiger partial charge in [0.25, 0.3) is 0 Å². The number of ether oxygens (including phenoxy) is 1. The van der Waals surface area contributed by atoms with E-state index in [2.05, 4.69) is 24.4 Å². The summed E-state index contributed by atoms with van der Waals surface area (Å²) < 4.78 is 5.84. The summed E-state index contributed by atoms with van der Waals surface area (Å²) >= 11 is 0. The summed E-state index contributed by atoms with van der Waals surface area (Å²) in [7, 11) is 0. The van der Waals surface area contributed by atoms with Crippen molar-refractivity contribution in [2.45, 2.75) is 32.4 Å². The molecule has 0 amide bonds. The quantitative estimate of drug-likeness (QED) is 0.881. The second-order valence-electron chi connectivity index (χ2n) is 5.47. The third kappa shape index (κ3) is 3.19. The van der Waals surface area contributed by atoms with E-state index >= 15 is 0 Å². The van der Waals surface area contributed by atoms with Crippen molar-refractivity contribution in [3.63, 3.8) is 0 Å². The van der Waals surface area contributed by atoms with E-state index in [0.29, 0.717) is 12.6 Å². The maximum atomic E-state index is 9.45. The van der Waals surface area contributed by atoms with Crippen LogP contribution >= 0.6 is 0 Å². The molecule has 0 aliphatic heterocycles. The molecular formula is C18H21NO2. The molecule has 3 nitrogen and oxygen atoms in total. The van der Waals surface area contributed by atoms with Crippen LogP contribution < -0.4 is 10.1 Å². The van der Waals surface area contributed by atoms with Gasteiger partial charge in [-0.1, -0.05) is 25.1 Å². The minimum Gasteiger partial charge on any atom is -0.508 e. The van der Waals surface area contributed by atoms with Crippen LogP contribution in [0, 0.1) is 0 Å². The lowest BCUT2D eigenvalue weighted by molar-refractivity contribution is 0.305. The molecule has 1 aliphatic rings. The lowest BCUT2D eigenvalue weighted by atomic mass is 10.1. The van der Waals surface area contributed by atoms with E-state index in [1.165, 1.54) is 17.5 Å². The Morgan fingerprint density at radius 1 is 1.24 bits per heavy atom. The van der Waals surface area contributed by atoms with Crippen molar-refractivity contribution >= 4 is 0 Å². The average Bonchev–Trinajstić information content (AvgIpc) is 2.88. The number of phenols is 1. The van der Waals surface area contributed by atoms with Crippen LogP contribution in [0.5, 0.6) is 11.5 Å². The van der Waals surface area contributed by atoms with Crippen molar-refractivity contribution in [3.8, 4) is 11.5 Å². The molecule has 2 aromatic rings. The van der Waals surface area contributed by atoms with Crippen molar-refractivity contribution in [1.29, 1.82) is 0 Å². The predicted molar refractivity (Wildman–Crippen MR) is 83.6 cm³/mol. The van der Waals surface area contributed by atoms with Gasteiger partial charge in [0.15, 0.2) is 0 Å². The molecular weight excluding hydrogens is 262 g/mol. The number of hydrogen-bond donors (Lipinski definition) is 2. The van der Waals surface area contributed by atoms with Gasteiger partial charge in [0.1, 0.15) is 18.1 Å². The van der Waals surface area contributed by atoms with Crippen molar-refractivity contribution in [3.05, 3.63) is 59.2 Å². The summed E-state index contributed by atoms with van der Waals surface area (Å²) in [5, 5.41) is 13.0. The largest absolute Gasteiger partial charge is 0.508 e. The average molecular weight is 283 g/mol. The van der Waals surface area contributed by atoms with Crippen LogP contribution in [0.3, 0.4) is 0 Å². The van der Waals surface area contributed by atoms with Gasteiger partial charge in [-0.05, 0) is 60.3 Å². The summed E-state index contributed by atoms with van der Waals surface area (Å²) in [6.07, 6.45) is 2.27. The van der Waals surface area contributed by atoms with Gasteiger partial charge in [-0.2, -0.15) is 0 Å². The molecule has 0 aromatic heterocycles. The molecule has 1 unspecified atom stereocenters. The summed E-state index contributed by atoms with van der Waals surface area (Å²) in [5.74, 6) is 1.17. The van der Waals surface area contributed by atoms with Crippen molar-refractivity contribution in [1.82, 2.24) is 5.32 Å². The van der Waals surface area contributed by atoms with E-state index in [9.17, 15) is 5.11 Å². The van der Waals surface area contributed by atoms with Crippen LogP contribution in [-0.4, -0.2) is 11.7 Å². The molecule has 0 bridgehead atoms. The van der Waals surface area contributed by atoms with Crippen LogP contribution in [0.2, 0.25) is 0 Å². The minimum atomic E-state index is 0.276. The first kappa shape index (κ1) is 14.0. The Bertz CT molecular complexity index is 624. The van der Waals surface area contributed by atoms with Gasteiger partial charge < -0.3 is 15.2 Å². The third-order valence-corrected chi connectivity index (χ3v) is 3.96.